The number of hydrogen-bond donors (Lipinski definition) is 0. The summed E-state index contributed by atoms with van der Waals surface area (Å²) in [7, 11) is 1.91. The summed E-state index contributed by atoms with van der Waals surface area (Å²) < 4.78 is 2.91. The number of nitrogens with zero attached hydrogens (tertiary/aromatic N) is 2. The van der Waals surface area contributed by atoms with Crippen LogP contribution in [0.15, 0.2) is 22.7 Å². The molecule has 0 N–H and O–H groups in total. The number of carbonyl (C=O) groups excluding carboxylic acids is 1. The first-order valence-corrected chi connectivity index (χ1v) is 6.79. The van der Waals surface area contributed by atoms with Crippen LogP contribution in [0.2, 0.25) is 0 Å². The summed E-state index contributed by atoms with van der Waals surface area (Å²) in [5.41, 5.74) is 5.27. The lowest BCUT2D eigenvalue weighted by atomic mass is 10.1. The van der Waals surface area contributed by atoms with Gasteiger partial charge < -0.3 is 0 Å². The van der Waals surface area contributed by atoms with Gasteiger partial charge >= 0.3 is 0 Å². The van der Waals surface area contributed by atoms with Crippen molar-refractivity contribution in [1.29, 1.82) is 0 Å². The zero-order valence-electron chi connectivity index (χ0n) is 10.3. The first-order chi connectivity index (χ1) is 8.61. The quantitative estimate of drug-likeness (QED) is 0.681. The Balaban J connectivity index is 2.20. The Hall–Kier alpha value is -1.42. The Morgan fingerprint density at radius 3 is 3.00 bits per heavy atom. The van der Waals surface area contributed by atoms with E-state index in [1.165, 1.54) is 11.1 Å². The number of aryl methyl sites for hydroxylation is 1. The maximum absolute atomic E-state index is 11.9. The predicted octanol–water partition coefficient (Wildman–Crippen LogP) is 3.35. The van der Waals surface area contributed by atoms with Gasteiger partial charge in [-0.3, -0.25) is 9.48 Å². The first-order valence-electron chi connectivity index (χ1n) is 5.99. The van der Waals surface area contributed by atoms with Crippen molar-refractivity contribution >= 4 is 21.7 Å². The van der Waals surface area contributed by atoms with Gasteiger partial charge in [-0.1, -0.05) is 28.9 Å². The number of carbonyl (C=O) groups is 1. The Kier molecular flexibility index (Phi) is 2.63. The third-order valence-corrected chi connectivity index (χ3v) is 3.91. The van der Waals surface area contributed by atoms with E-state index in [0.717, 1.165) is 22.2 Å². The molecule has 0 bridgehead atoms. The molecule has 0 saturated heterocycles. The molecule has 1 aliphatic rings. The average molecular weight is 305 g/mol. The van der Waals surface area contributed by atoms with Crippen LogP contribution in [0.4, 0.5) is 0 Å². The number of benzene rings is 1. The molecule has 0 atom stereocenters. The normalized spacial score (nSPS) is 12.4. The standard InChI is InChI=1S/C14H13BrN2O/c1-3-12(18)13-11-7-8-6-9(15)4-5-10(8)14(11)17(2)16-13/h4-6H,3,7H2,1-2H3. The molecule has 0 saturated carbocycles. The van der Waals surface area contributed by atoms with E-state index in [9.17, 15) is 4.79 Å². The fraction of sp³-hybridized carbons (Fsp3) is 0.286. The summed E-state index contributed by atoms with van der Waals surface area (Å²) >= 11 is 3.49. The molecule has 0 spiro atoms. The Labute approximate surface area is 114 Å². The zero-order valence-corrected chi connectivity index (χ0v) is 11.9. The summed E-state index contributed by atoms with van der Waals surface area (Å²) in [4.78, 5) is 11.9. The summed E-state index contributed by atoms with van der Waals surface area (Å²) in [6.07, 6.45) is 1.31. The Morgan fingerprint density at radius 2 is 2.28 bits per heavy atom. The SMILES string of the molecule is CCC(=O)c1nn(C)c2c1Cc1cc(Br)ccc1-2. The number of fused-ring (bicyclic) bond motifs is 3. The van der Waals surface area contributed by atoms with Crippen LogP contribution in [0, 0.1) is 0 Å². The van der Waals surface area contributed by atoms with Gasteiger partial charge in [0.15, 0.2) is 5.78 Å². The molecule has 0 unspecified atom stereocenters. The van der Waals surface area contributed by atoms with Gasteiger partial charge in [0.25, 0.3) is 0 Å². The first kappa shape index (κ1) is 11.7. The molecular formula is C14H13BrN2O. The average Bonchev–Trinajstić information content (AvgIpc) is 2.86. The lowest BCUT2D eigenvalue weighted by molar-refractivity contribution is 0.0982. The van der Waals surface area contributed by atoms with Gasteiger partial charge in [-0.05, 0) is 17.7 Å². The molecule has 92 valence electrons. The van der Waals surface area contributed by atoms with Crippen molar-refractivity contribution in [3.8, 4) is 11.3 Å². The van der Waals surface area contributed by atoms with Crippen LogP contribution in [0.1, 0.15) is 35.0 Å². The molecular weight excluding hydrogens is 292 g/mol. The minimum Gasteiger partial charge on any atom is -0.292 e. The van der Waals surface area contributed by atoms with E-state index < -0.39 is 0 Å². The van der Waals surface area contributed by atoms with Crippen molar-refractivity contribution in [1.82, 2.24) is 9.78 Å². The molecule has 0 amide bonds. The van der Waals surface area contributed by atoms with E-state index in [4.69, 9.17) is 0 Å². The lowest BCUT2D eigenvalue weighted by Gasteiger charge is -2.02. The van der Waals surface area contributed by atoms with Crippen LogP contribution < -0.4 is 0 Å². The highest BCUT2D eigenvalue weighted by molar-refractivity contribution is 9.10. The number of halogens is 1. The monoisotopic (exact) mass is 304 g/mol. The molecule has 18 heavy (non-hydrogen) atoms. The van der Waals surface area contributed by atoms with Crippen LogP contribution in [0.5, 0.6) is 0 Å². The highest BCUT2D eigenvalue weighted by atomic mass is 79.9. The van der Waals surface area contributed by atoms with E-state index in [-0.39, 0.29) is 5.78 Å². The van der Waals surface area contributed by atoms with Crippen LogP contribution >= 0.6 is 15.9 Å². The number of hydrogen-bond acceptors (Lipinski definition) is 2. The second-order valence-corrected chi connectivity index (χ2v) is 5.47. The molecule has 1 heterocycles. The van der Waals surface area contributed by atoms with E-state index in [1.54, 1.807) is 0 Å². The molecule has 0 aliphatic heterocycles. The lowest BCUT2D eigenvalue weighted by Crippen LogP contribution is -2.02. The summed E-state index contributed by atoms with van der Waals surface area (Å²) in [5.74, 6) is 0.124. The van der Waals surface area contributed by atoms with Crippen molar-refractivity contribution < 1.29 is 4.79 Å². The minimum absolute atomic E-state index is 0.124. The summed E-state index contributed by atoms with van der Waals surface area (Å²) in [6, 6.07) is 6.24. The van der Waals surface area contributed by atoms with E-state index in [0.29, 0.717) is 12.1 Å². The highest BCUT2D eigenvalue weighted by Gasteiger charge is 2.28. The molecule has 4 heteroatoms. The number of Topliss-reactive ketones (excluding diaryl/α,β-unsaturated/α-hetero) is 1. The largest absolute Gasteiger partial charge is 0.292 e. The third-order valence-electron chi connectivity index (χ3n) is 3.42. The molecule has 1 aromatic carbocycles. The molecule has 2 aromatic rings. The second-order valence-electron chi connectivity index (χ2n) is 4.55. The zero-order chi connectivity index (χ0) is 12.9. The summed E-state index contributed by atoms with van der Waals surface area (Å²) in [6.45, 7) is 1.88. The van der Waals surface area contributed by atoms with E-state index in [2.05, 4.69) is 33.2 Å². The summed E-state index contributed by atoms with van der Waals surface area (Å²) in [5, 5.41) is 4.38. The van der Waals surface area contributed by atoms with Crippen molar-refractivity contribution in [3.63, 3.8) is 0 Å². The molecule has 1 aliphatic carbocycles. The third kappa shape index (κ3) is 1.56. The Bertz CT molecular complexity index is 658. The van der Waals surface area contributed by atoms with Gasteiger partial charge in [0.1, 0.15) is 5.69 Å². The van der Waals surface area contributed by atoms with Crippen LogP contribution in [0.25, 0.3) is 11.3 Å². The van der Waals surface area contributed by atoms with Crippen LogP contribution in [-0.4, -0.2) is 15.6 Å². The minimum atomic E-state index is 0.124. The highest BCUT2D eigenvalue weighted by Crippen LogP contribution is 2.39. The molecule has 3 nitrogen and oxygen atoms in total. The molecule has 0 radical (unpaired) electrons. The fourth-order valence-corrected chi connectivity index (χ4v) is 3.00. The topological polar surface area (TPSA) is 34.9 Å². The van der Waals surface area contributed by atoms with Gasteiger partial charge in [-0.25, -0.2) is 0 Å². The van der Waals surface area contributed by atoms with Gasteiger partial charge in [-0.2, -0.15) is 5.10 Å². The number of rotatable bonds is 2. The van der Waals surface area contributed by atoms with Crippen molar-refractivity contribution in [3.05, 3.63) is 39.5 Å². The molecule has 0 fully saturated rings. The van der Waals surface area contributed by atoms with Crippen molar-refractivity contribution in [2.45, 2.75) is 19.8 Å². The van der Waals surface area contributed by atoms with Gasteiger partial charge in [0, 0.05) is 35.5 Å². The maximum Gasteiger partial charge on any atom is 0.183 e. The smallest absolute Gasteiger partial charge is 0.183 e. The van der Waals surface area contributed by atoms with Gasteiger partial charge in [-0.15, -0.1) is 0 Å². The van der Waals surface area contributed by atoms with Crippen LogP contribution in [-0.2, 0) is 13.5 Å². The van der Waals surface area contributed by atoms with Crippen molar-refractivity contribution in [2.75, 3.05) is 0 Å². The van der Waals surface area contributed by atoms with E-state index in [1.807, 2.05) is 24.7 Å². The Morgan fingerprint density at radius 1 is 1.50 bits per heavy atom. The molecule has 3 rings (SSSR count). The number of ketones is 1. The van der Waals surface area contributed by atoms with Gasteiger partial charge in [0.05, 0.1) is 5.69 Å². The van der Waals surface area contributed by atoms with Crippen LogP contribution in [0.3, 0.4) is 0 Å². The number of aromatic nitrogens is 2. The van der Waals surface area contributed by atoms with Gasteiger partial charge in [0.2, 0.25) is 0 Å². The van der Waals surface area contributed by atoms with E-state index >= 15 is 0 Å². The second kappa shape index (κ2) is 4.05. The molecule has 1 aromatic heterocycles. The fourth-order valence-electron chi connectivity index (χ4n) is 2.59. The predicted molar refractivity (Wildman–Crippen MR) is 73.8 cm³/mol. The van der Waals surface area contributed by atoms with Crippen molar-refractivity contribution in [2.24, 2.45) is 7.05 Å². The maximum atomic E-state index is 11.9.